The van der Waals surface area contributed by atoms with Gasteiger partial charge in [0, 0.05) is 29.9 Å². The summed E-state index contributed by atoms with van der Waals surface area (Å²) in [5, 5.41) is 11.8. The van der Waals surface area contributed by atoms with Crippen LogP contribution in [0, 0.1) is 12.8 Å². The lowest BCUT2D eigenvalue weighted by Gasteiger charge is -2.33. The van der Waals surface area contributed by atoms with Crippen LogP contribution in [-0.2, 0) is 16.0 Å². The van der Waals surface area contributed by atoms with Gasteiger partial charge in [-0.25, -0.2) is 15.0 Å². The Bertz CT molecular complexity index is 1210. The van der Waals surface area contributed by atoms with Crippen molar-refractivity contribution in [3.8, 4) is 0 Å². The van der Waals surface area contributed by atoms with Crippen molar-refractivity contribution in [3.63, 3.8) is 0 Å². The third-order valence-corrected chi connectivity index (χ3v) is 7.73. The SMILES string of the molecule is Cc1ccc2ccc(NC3CCC([C@H](C)Nc4ncc(CC(=O)NC5COC5)cn4)CC3)nc2c1Cl. The first-order chi connectivity index (χ1) is 17.4. The molecule has 5 rings (SSSR count). The Morgan fingerprint density at radius 3 is 2.50 bits per heavy atom. The van der Waals surface area contributed by atoms with Gasteiger partial charge in [0.05, 0.1) is 36.2 Å². The van der Waals surface area contributed by atoms with Gasteiger partial charge in [-0.3, -0.25) is 4.79 Å². The van der Waals surface area contributed by atoms with Gasteiger partial charge in [0.1, 0.15) is 5.82 Å². The number of ether oxygens (including phenoxy) is 1. The van der Waals surface area contributed by atoms with E-state index < -0.39 is 0 Å². The van der Waals surface area contributed by atoms with Gasteiger partial charge >= 0.3 is 0 Å². The molecule has 2 aromatic heterocycles. The summed E-state index contributed by atoms with van der Waals surface area (Å²) < 4.78 is 5.08. The minimum Gasteiger partial charge on any atom is -0.377 e. The molecule has 0 radical (unpaired) electrons. The van der Waals surface area contributed by atoms with Crippen molar-refractivity contribution >= 4 is 40.2 Å². The summed E-state index contributed by atoms with van der Waals surface area (Å²) in [6.07, 6.45) is 8.12. The number of benzene rings is 1. The molecule has 1 saturated carbocycles. The van der Waals surface area contributed by atoms with Crippen molar-refractivity contribution in [2.45, 2.75) is 64.1 Å². The summed E-state index contributed by atoms with van der Waals surface area (Å²) in [5.74, 6) is 2.01. The molecule has 1 aliphatic heterocycles. The first-order valence-corrected chi connectivity index (χ1v) is 13.1. The fourth-order valence-electron chi connectivity index (χ4n) is 4.93. The van der Waals surface area contributed by atoms with Crippen LogP contribution in [0.4, 0.5) is 11.8 Å². The van der Waals surface area contributed by atoms with E-state index in [4.69, 9.17) is 21.3 Å². The first kappa shape index (κ1) is 24.7. The molecule has 1 amide bonds. The van der Waals surface area contributed by atoms with Gasteiger partial charge in [0.2, 0.25) is 11.9 Å². The highest BCUT2D eigenvalue weighted by Gasteiger charge is 2.26. The number of carbonyl (C=O) groups excluding carboxylic acids is 1. The molecule has 1 atom stereocenters. The smallest absolute Gasteiger partial charge is 0.224 e. The molecule has 1 saturated heterocycles. The molecule has 0 bridgehead atoms. The Labute approximate surface area is 216 Å². The number of carbonyl (C=O) groups is 1. The molecular weight excluding hydrogens is 476 g/mol. The third kappa shape index (κ3) is 5.87. The standard InChI is InChI=1S/C27H33ClN6O2/c1-16-3-4-20-7-10-23(34-26(20)25(16)28)32-21-8-5-19(6-9-21)17(2)31-27-29-12-18(13-30-27)11-24(35)33-22-14-36-15-22/h3-4,7,10,12-13,17,19,21-22H,5-6,8-9,11,14-15H2,1-2H3,(H,32,34)(H,33,35)(H,29,30,31)/t17-,19?,21?/m0/s1. The molecular formula is C27H33ClN6O2. The number of amides is 1. The molecule has 8 nitrogen and oxygen atoms in total. The number of nitrogens with one attached hydrogen (secondary N) is 3. The lowest BCUT2D eigenvalue weighted by atomic mass is 9.82. The second kappa shape index (κ2) is 11.0. The number of anilines is 2. The Hall–Kier alpha value is -2.97. The molecule has 2 fully saturated rings. The Morgan fingerprint density at radius 1 is 1.08 bits per heavy atom. The van der Waals surface area contributed by atoms with Gasteiger partial charge in [-0.2, -0.15) is 0 Å². The Kier molecular flexibility index (Phi) is 7.53. The quantitative estimate of drug-likeness (QED) is 0.411. The number of pyridine rings is 1. The van der Waals surface area contributed by atoms with Crippen LogP contribution in [-0.4, -0.2) is 52.2 Å². The lowest BCUT2D eigenvalue weighted by Crippen LogP contribution is -2.49. The van der Waals surface area contributed by atoms with E-state index >= 15 is 0 Å². The average molecular weight is 509 g/mol. The summed E-state index contributed by atoms with van der Waals surface area (Å²) in [6.45, 7) is 5.38. The monoisotopic (exact) mass is 508 g/mol. The number of aryl methyl sites for hydroxylation is 1. The number of halogens is 1. The third-order valence-electron chi connectivity index (χ3n) is 7.25. The highest BCUT2D eigenvalue weighted by Crippen LogP contribution is 2.31. The molecule has 2 aliphatic rings. The van der Waals surface area contributed by atoms with Crippen molar-refractivity contribution in [2.24, 2.45) is 5.92 Å². The van der Waals surface area contributed by atoms with Crippen LogP contribution >= 0.6 is 11.6 Å². The molecule has 3 aromatic rings. The number of nitrogens with zero attached hydrogens (tertiary/aromatic N) is 3. The van der Waals surface area contributed by atoms with Gasteiger partial charge in [-0.05, 0) is 68.7 Å². The molecule has 3 heterocycles. The number of hydrogen-bond donors (Lipinski definition) is 3. The fourth-order valence-corrected chi connectivity index (χ4v) is 5.15. The van der Waals surface area contributed by atoms with E-state index in [-0.39, 0.29) is 24.4 Å². The molecule has 1 aliphatic carbocycles. The first-order valence-electron chi connectivity index (χ1n) is 12.7. The van der Waals surface area contributed by atoms with E-state index in [0.717, 1.165) is 58.6 Å². The van der Waals surface area contributed by atoms with Crippen LogP contribution < -0.4 is 16.0 Å². The van der Waals surface area contributed by atoms with Crippen molar-refractivity contribution in [3.05, 3.63) is 52.8 Å². The Morgan fingerprint density at radius 2 is 1.81 bits per heavy atom. The normalized spacial score (nSPS) is 21.0. The van der Waals surface area contributed by atoms with E-state index in [2.05, 4.69) is 45.0 Å². The Balaban J connectivity index is 1.09. The van der Waals surface area contributed by atoms with E-state index in [0.29, 0.717) is 31.1 Å². The van der Waals surface area contributed by atoms with E-state index in [1.165, 1.54) is 0 Å². The average Bonchev–Trinajstić information content (AvgIpc) is 2.86. The number of aromatic nitrogens is 3. The molecule has 190 valence electrons. The molecule has 9 heteroatoms. The minimum atomic E-state index is -0.0246. The van der Waals surface area contributed by atoms with Crippen LogP contribution in [0.1, 0.15) is 43.7 Å². The summed E-state index contributed by atoms with van der Waals surface area (Å²) in [4.78, 5) is 25.7. The van der Waals surface area contributed by atoms with Crippen molar-refractivity contribution in [1.82, 2.24) is 20.3 Å². The maximum atomic E-state index is 12.1. The van der Waals surface area contributed by atoms with Crippen molar-refractivity contribution in [1.29, 1.82) is 0 Å². The molecule has 0 spiro atoms. The van der Waals surface area contributed by atoms with Gasteiger partial charge in [0.25, 0.3) is 0 Å². The lowest BCUT2D eigenvalue weighted by molar-refractivity contribution is -0.124. The van der Waals surface area contributed by atoms with E-state index in [9.17, 15) is 4.79 Å². The second-order valence-electron chi connectivity index (χ2n) is 10.0. The van der Waals surface area contributed by atoms with Gasteiger partial charge < -0.3 is 20.7 Å². The zero-order valence-corrected chi connectivity index (χ0v) is 21.5. The van der Waals surface area contributed by atoms with Crippen molar-refractivity contribution in [2.75, 3.05) is 23.8 Å². The predicted molar refractivity (Wildman–Crippen MR) is 142 cm³/mol. The zero-order chi connectivity index (χ0) is 25.1. The van der Waals surface area contributed by atoms with Crippen LogP contribution in [0.15, 0.2) is 36.7 Å². The maximum Gasteiger partial charge on any atom is 0.224 e. The molecule has 0 unspecified atom stereocenters. The second-order valence-corrected chi connectivity index (χ2v) is 10.4. The summed E-state index contributed by atoms with van der Waals surface area (Å²) in [7, 11) is 0. The summed E-state index contributed by atoms with van der Waals surface area (Å²) in [5.41, 5.74) is 2.70. The van der Waals surface area contributed by atoms with Gasteiger partial charge in [0.15, 0.2) is 0 Å². The fraction of sp³-hybridized carbons (Fsp3) is 0.481. The number of fused-ring (bicyclic) bond motifs is 1. The highest BCUT2D eigenvalue weighted by molar-refractivity contribution is 6.35. The minimum absolute atomic E-state index is 0.0246. The van der Waals surface area contributed by atoms with Crippen LogP contribution in [0.3, 0.4) is 0 Å². The van der Waals surface area contributed by atoms with Crippen molar-refractivity contribution < 1.29 is 9.53 Å². The maximum absolute atomic E-state index is 12.1. The largest absolute Gasteiger partial charge is 0.377 e. The predicted octanol–water partition coefficient (Wildman–Crippen LogP) is 4.52. The topological polar surface area (TPSA) is 101 Å². The molecule has 1 aromatic carbocycles. The van der Waals surface area contributed by atoms with Crippen LogP contribution in [0.2, 0.25) is 5.02 Å². The summed E-state index contributed by atoms with van der Waals surface area (Å²) >= 11 is 6.49. The van der Waals surface area contributed by atoms with E-state index in [1.807, 2.05) is 19.1 Å². The number of rotatable bonds is 8. The summed E-state index contributed by atoms with van der Waals surface area (Å²) in [6, 6.07) is 9.01. The molecule has 36 heavy (non-hydrogen) atoms. The van der Waals surface area contributed by atoms with Crippen LogP contribution in [0.5, 0.6) is 0 Å². The number of hydrogen-bond acceptors (Lipinski definition) is 7. The van der Waals surface area contributed by atoms with E-state index in [1.54, 1.807) is 12.4 Å². The highest BCUT2D eigenvalue weighted by atomic mass is 35.5. The molecule has 3 N–H and O–H groups in total. The van der Waals surface area contributed by atoms with Gasteiger partial charge in [-0.1, -0.05) is 23.7 Å². The van der Waals surface area contributed by atoms with Crippen LogP contribution in [0.25, 0.3) is 10.9 Å². The van der Waals surface area contributed by atoms with Gasteiger partial charge in [-0.15, -0.1) is 0 Å². The zero-order valence-electron chi connectivity index (χ0n) is 20.8.